The molecule has 2 N–H and O–H groups in total. The topological polar surface area (TPSA) is 44.4 Å². The molecule has 1 aliphatic carbocycles. The van der Waals surface area contributed by atoms with Crippen LogP contribution in [0.15, 0.2) is 17.5 Å². The molecule has 134 valence electrons. The van der Waals surface area contributed by atoms with Gasteiger partial charge in [0.15, 0.2) is 0 Å². The van der Waals surface area contributed by atoms with Crippen LogP contribution in [-0.4, -0.2) is 36.6 Å². The fraction of sp³-hybridized carbons (Fsp3) is 0.737. The van der Waals surface area contributed by atoms with Crippen molar-refractivity contribution in [3.63, 3.8) is 0 Å². The molecular formula is C19H31N3OS. The molecule has 1 atom stereocenters. The monoisotopic (exact) mass is 349 g/mol. The summed E-state index contributed by atoms with van der Waals surface area (Å²) < 4.78 is 0. The van der Waals surface area contributed by atoms with E-state index in [1.54, 1.807) is 11.3 Å². The first-order chi connectivity index (χ1) is 11.8. The van der Waals surface area contributed by atoms with Crippen molar-refractivity contribution in [3.8, 4) is 0 Å². The van der Waals surface area contributed by atoms with Crippen molar-refractivity contribution in [1.82, 2.24) is 15.5 Å². The second-order valence-corrected chi connectivity index (χ2v) is 8.15. The van der Waals surface area contributed by atoms with E-state index in [-0.39, 0.29) is 6.03 Å². The molecule has 0 radical (unpaired) electrons. The highest BCUT2D eigenvalue weighted by atomic mass is 32.1. The Bertz CT molecular complexity index is 477. The highest BCUT2D eigenvalue weighted by Crippen LogP contribution is 2.27. The summed E-state index contributed by atoms with van der Waals surface area (Å²) in [6.07, 6.45) is 11.3. The number of nitrogens with zero attached hydrogens (tertiary/aromatic N) is 1. The number of hydrogen-bond acceptors (Lipinski definition) is 3. The summed E-state index contributed by atoms with van der Waals surface area (Å²) in [4.78, 5) is 16.2. The second-order valence-electron chi connectivity index (χ2n) is 7.17. The lowest BCUT2D eigenvalue weighted by Gasteiger charge is -2.27. The average Bonchev–Trinajstić information content (AvgIpc) is 3.24. The van der Waals surface area contributed by atoms with Crippen LogP contribution in [0.5, 0.6) is 0 Å². The number of thiophene rings is 1. The van der Waals surface area contributed by atoms with Crippen LogP contribution < -0.4 is 10.6 Å². The van der Waals surface area contributed by atoms with Gasteiger partial charge in [-0.2, -0.15) is 0 Å². The lowest BCUT2D eigenvalue weighted by Crippen LogP contribution is -2.45. The Kier molecular flexibility index (Phi) is 6.97. The van der Waals surface area contributed by atoms with E-state index < -0.39 is 0 Å². The zero-order chi connectivity index (χ0) is 16.6. The third-order valence-electron chi connectivity index (χ3n) is 5.35. The molecule has 3 rings (SSSR count). The van der Waals surface area contributed by atoms with E-state index in [1.807, 2.05) is 0 Å². The van der Waals surface area contributed by atoms with E-state index in [9.17, 15) is 4.79 Å². The minimum absolute atomic E-state index is 0.0151. The van der Waals surface area contributed by atoms with Crippen molar-refractivity contribution in [2.75, 3.05) is 19.6 Å². The van der Waals surface area contributed by atoms with Crippen LogP contribution in [0, 0.1) is 0 Å². The van der Waals surface area contributed by atoms with Crippen molar-refractivity contribution in [2.45, 2.75) is 69.9 Å². The van der Waals surface area contributed by atoms with Crippen molar-refractivity contribution in [1.29, 1.82) is 0 Å². The summed E-state index contributed by atoms with van der Waals surface area (Å²) in [5.41, 5.74) is 0. The van der Waals surface area contributed by atoms with Crippen LogP contribution in [0.1, 0.15) is 68.7 Å². The third-order valence-corrected chi connectivity index (χ3v) is 6.32. The number of urea groups is 1. The van der Waals surface area contributed by atoms with Gasteiger partial charge in [-0.3, -0.25) is 4.90 Å². The Morgan fingerprint density at radius 1 is 1.12 bits per heavy atom. The summed E-state index contributed by atoms with van der Waals surface area (Å²) in [7, 11) is 0. The predicted octanol–water partition coefficient (Wildman–Crippen LogP) is 4.30. The molecule has 1 saturated heterocycles. The number of rotatable bonds is 5. The quantitative estimate of drug-likeness (QED) is 0.832. The normalized spacial score (nSPS) is 21.8. The Morgan fingerprint density at radius 3 is 2.50 bits per heavy atom. The van der Waals surface area contributed by atoms with Gasteiger partial charge >= 0.3 is 6.03 Å². The number of hydrogen-bond donors (Lipinski definition) is 2. The smallest absolute Gasteiger partial charge is 0.315 e. The molecule has 1 unspecified atom stereocenters. The summed E-state index contributed by atoms with van der Waals surface area (Å²) in [6, 6.07) is 5.01. The molecule has 0 bridgehead atoms. The fourth-order valence-corrected chi connectivity index (χ4v) is 4.83. The molecule has 0 spiro atoms. The number of nitrogens with one attached hydrogen (secondary N) is 2. The number of carbonyl (C=O) groups excluding carboxylic acids is 1. The van der Waals surface area contributed by atoms with Crippen LogP contribution in [0.2, 0.25) is 0 Å². The van der Waals surface area contributed by atoms with Gasteiger partial charge in [-0.05, 0) is 50.2 Å². The molecule has 2 heterocycles. The first kappa shape index (κ1) is 17.7. The molecule has 24 heavy (non-hydrogen) atoms. The van der Waals surface area contributed by atoms with Gasteiger partial charge in [0.2, 0.25) is 0 Å². The van der Waals surface area contributed by atoms with E-state index in [2.05, 4.69) is 33.0 Å². The van der Waals surface area contributed by atoms with Crippen LogP contribution >= 0.6 is 11.3 Å². The maximum atomic E-state index is 12.4. The van der Waals surface area contributed by atoms with Gasteiger partial charge in [-0.15, -0.1) is 11.3 Å². The predicted molar refractivity (Wildman–Crippen MR) is 101 cm³/mol. The van der Waals surface area contributed by atoms with Gasteiger partial charge in [0.05, 0.1) is 6.04 Å². The summed E-state index contributed by atoms with van der Waals surface area (Å²) in [5, 5.41) is 8.49. The Labute approximate surface area is 150 Å². The van der Waals surface area contributed by atoms with E-state index in [0.717, 1.165) is 25.9 Å². The maximum absolute atomic E-state index is 12.4. The molecule has 1 aromatic rings. The van der Waals surface area contributed by atoms with E-state index >= 15 is 0 Å². The largest absolute Gasteiger partial charge is 0.336 e. The molecule has 5 heteroatoms. The molecule has 0 aromatic carbocycles. The van der Waals surface area contributed by atoms with Gasteiger partial charge < -0.3 is 10.6 Å². The van der Waals surface area contributed by atoms with E-state index in [1.165, 1.54) is 49.8 Å². The van der Waals surface area contributed by atoms with Crippen molar-refractivity contribution in [3.05, 3.63) is 22.4 Å². The van der Waals surface area contributed by atoms with Crippen LogP contribution in [0.4, 0.5) is 4.79 Å². The summed E-state index contributed by atoms with van der Waals surface area (Å²) in [6.45, 7) is 3.00. The fourth-order valence-electron chi connectivity index (χ4n) is 3.97. The van der Waals surface area contributed by atoms with Gasteiger partial charge in [-0.1, -0.05) is 38.2 Å². The second kappa shape index (κ2) is 9.42. The molecule has 1 aromatic heterocycles. The Hall–Kier alpha value is -1.07. The molecule has 2 amide bonds. The Balaban J connectivity index is 1.49. The molecule has 2 fully saturated rings. The minimum Gasteiger partial charge on any atom is -0.336 e. The lowest BCUT2D eigenvalue weighted by molar-refractivity contribution is 0.218. The van der Waals surface area contributed by atoms with Gasteiger partial charge in [0, 0.05) is 17.5 Å². The maximum Gasteiger partial charge on any atom is 0.315 e. The van der Waals surface area contributed by atoms with Gasteiger partial charge in [0.25, 0.3) is 0 Å². The molecule has 4 nitrogen and oxygen atoms in total. The van der Waals surface area contributed by atoms with Crippen LogP contribution in [0.25, 0.3) is 0 Å². The molecule has 2 aliphatic rings. The average molecular weight is 350 g/mol. The third kappa shape index (κ3) is 5.21. The SMILES string of the molecule is O=C(NCC(c1cccs1)N1CCCC1)NC1CCCCCCC1. The Morgan fingerprint density at radius 2 is 1.83 bits per heavy atom. The van der Waals surface area contributed by atoms with Gasteiger partial charge in [0.1, 0.15) is 0 Å². The number of amides is 2. The zero-order valence-corrected chi connectivity index (χ0v) is 15.5. The number of likely N-dealkylation sites (tertiary alicyclic amines) is 1. The van der Waals surface area contributed by atoms with Crippen LogP contribution in [0.3, 0.4) is 0 Å². The highest BCUT2D eigenvalue weighted by Gasteiger charge is 2.25. The van der Waals surface area contributed by atoms with Crippen molar-refractivity contribution < 1.29 is 4.79 Å². The van der Waals surface area contributed by atoms with Crippen molar-refractivity contribution >= 4 is 17.4 Å². The van der Waals surface area contributed by atoms with Crippen LogP contribution in [-0.2, 0) is 0 Å². The van der Waals surface area contributed by atoms with Crippen molar-refractivity contribution in [2.24, 2.45) is 0 Å². The highest BCUT2D eigenvalue weighted by molar-refractivity contribution is 7.10. The molecule has 1 aliphatic heterocycles. The first-order valence-corrected chi connectivity index (χ1v) is 10.5. The summed E-state index contributed by atoms with van der Waals surface area (Å²) >= 11 is 1.80. The zero-order valence-electron chi connectivity index (χ0n) is 14.6. The first-order valence-electron chi connectivity index (χ1n) is 9.65. The molecule has 1 saturated carbocycles. The van der Waals surface area contributed by atoms with E-state index in [4.69, 9.17) is 0 Å². The van der Waals surface area contributed by atoms with Gasteiger partial charge in [-0.25, -0.2) is 4.79 Å². The number of carbonyl (C=O) groups is 1. The molecular weight excluding hydrogens is 318 g/mol. The minimum atomic E-state index is 0.0151. The van der Waals surface area contributed by atoms with E-state index in [0.29, 0.717) is 18.6 Å². The lowest BCUT2D eigenvalue weighted by atomic mass is 9.97. The standard InChI is InChI=1S/C19H31N3OS/c23-19(21-16-9-4-2-1-3-5-10-16)20-15-17(18-11-8-14-24-18)22-12-6-7-13-22/h8,11,14,16-17H,1-7,9-10,12-13,15H2,(H2,20,21,23). The summed E-state index contributed by atoms with van der Waals surface area (Å²) in [5.74, 6) is 0.